The Balaban J connectivity index is 1.84. The number of benzene rings is 1. The molecule has 2 N–H and O–H groups in total. The highest BCUT2D eigenvalue weighted by atomic mass is 32.2. The highest BCUT2D eigenvalue weighted by Gasteiger charge is 2.20. The van der Waals surface area contributed by atoms with Crippen LogP contribution in [0.15, 0.2) is 18.2 Å². The van der Waals surface area contributed by atoms with E-state index in [1.54, 1.807) is 13.0 Å². The monoisotopic (exact) mass is 286 g/mol. The first kappa shape index (κ1) is 14.3. The molecule has 1 saturated carbocycles. The first-order valence-electron chi connectivity index (χ1n) is 6.46. The van der Waals surface area contributed by atoms with Gasteiger partial charge in [-0.2, -0.15) is 0 Å². The van der Waals surface area contributed by atoms with E-state index in [2.05, 4.69) is 10.0 Å². The van der Waals surface area contributed by atoms with Crippen molar-refractivity contribution in [1.29, 1.82) is 0 Å². The highest BCUT2D eigenvalue weighted by Crippen LogP contribution is 2.19. The van der Waals surface area contributed by atoms with Crippen LogP contribution < -0.4 is 10.0 Å². The Morgan fingerprint density at radius 1 is 1.37 bits per heavy atom. The van der Waals surface area contributed by atoms with Gasteiger partial charge >= 0.3 is 0 Å². The predicted molar refractivity (Wildman–Crippen MR) is 74.2 cm³/mol. The maximum Gasteiger partial charge on any atom is 0.232 e. The van der Waals surface area contributed by atoms with Gasteiger partial charge in [0.05, 0.1) is 11.4 Å². The van der Waals surface area contributed by atoms with Crippen LogP contribution in [0, 0.1) is 12.7 Å². The van der Waals surface area contributed by atoms with Gasteiger partial charge in [-0.25, -0.2) is 12.8 Å². The van der Waals surface area contributed by atoms with E-state index in [0.717, 1.165) is 5.56 Å². The van der Waals surface area contributed by atoms with Crippen molar-refractivity contribution in [3.05, 3.63) is 29.6 Å². The summed E-state index contributed by atoms with van der Waals surface area (Å²) < 4.78 is 39.4. The standard InChI is InChI=1S/C13H19FN2O2S/c1-10-3-6-13(12(14)9-10)16-19(17,18)8-2-7-15-11-4-5-11/h3,6,9,11,15-16H,2,4-5,7-8H2,1H3. The van der Waals surface area contributed by atoms with E-state index < -0.39 is 15.8 Å². The molecule has 0 aromatic heterocycles. The second kappa shape index (κ2) is 5.88. The van der Waals surface area contributed by atoms with E-state index in [1.807, 2.05) is 0 Å². The first-order chi connectivity index (χ1) is 8.96. The molecule has 1 aliphatic carbocycles. The normalized spacial score (nSPS) is 15.5. The van der Waals surface area contributed by atoms with Gasteiger partial charge in [0.1, 0.15) is 5.82 Å². The third-order valence-corrected chi connectivity index (χ3v) is 4.35. The lowest BCUT2D eigenvalue weighted by Gasteiger charge is -2.09. The van der Waals surface area contributed by atoms with E-state index in [9.17, 15) is 12.8 Å². The molecule has 1 fully saturated rings. The van der Waals surface area contributed by atoms with Crippen molar-refractivity contribution in [2.75, 3.05) is 17.0 Å². The third kappa shape index (κ3) is 4.80. The van der Waals surface area contributed by atoms with Crippen LogP contribution in [0.3, 0.4) is 0 Å². The van der Waals surface area contributed by atoms with Crippen molar-refractivity contribution in [3.8, 4) is 0 Å². The second-order valence-electron chi connectivity index (χ2n) is 4.99. The molecule has 0 heterocycles. The van der Waals surface area contributed by atoms with Crippen molar-refractivity contribution >= 4 is 15.7 Å². The van der Waals surface area contributed by atoms with Crippen molar-refractivity contribution in [2.45, 2.75) is 32.2 Å². The zero-order valence-electron chi connectivity index (χ0n) is 10.9. The number of rotatable bonds is 7. The van der Waals surface area contributed by atoms with Crippen LogP contribution in [0.5, 0.6) is 0 Å². The summed E-state index contributed by atoms with van der Waals surface area (Å²) in [6, 6.07) is 5.01. The molecule has 0 amide bonds. The van der Waals surface area contributed by atoms with Crippen LogP contribution >= 0.6 is 0 Å². The molecule has 0 atom stereocenters. The minimum absolute atomic E-state index is 0.0000361. The van der Waals surface area contributed by atoms with Gasteiger partial charge in [0, 0.05) is 6.04 Å². The predicted octanol–water partition coefficient (Wildman–Crippen LogP) is 2.02. The fraction of sp³-hybridized carbons (Fsp3) is 0.538. The summed E-state index contributed by atoms with van der Waals surface area (Å²) in [6.07, 6.45) is 2.89. The maximum absolute atomic E-state index is 13.5. The maximum atomic E-state index is 13.5. The van der Waals surface area contributed by atoms with Gasteiger partial charge in [-0.15, -0.1) is 0 Å². The quantitative estimate of drug-likeness (QED) is 0.754. The fourth-order valence-corrected chi connectivity index (χ4v) is 2.90. The lowest BCUT2D eigenvalue weighted by molar-refractivity contribution is 0.591. The van der Waals surface area contributed by atoms with Crippen molar-refractivity contribution in [3.63, 3.8) is 0 Å². The molecule has 1 aromatic rings. The van der Waals surface area contributed by atoms with Crippen LogP contribution in [0.25, 0.3) is 0 Å². The fourth-order valence-electron chi connectivity index (χ4n) is 1.78. The van der Waals surface area contributed by atoms with E-state index in [0.29, 0.717) is 19.0 Å². The Labute approximate surface area is 113 Å². The first-order valence-corrected chi connectivity index (χ1v) is 8.11. The third-order valence-electron chi connectivity index (χ3n) is 2.99. The smallest absolute Gasteiger partial charge is 0.232 e. The lowest BCUT2D eigenvalue weighted by atomic mass is 10.2. The van der Waals surface area contributed by atoms with Crippen LogP contribution in [-0.2, 0) is 10.0 Å². The minimum Gasteiger partial charge on any atom is -0.314 e. The Morgan fingerprint density at radius 3 is 2.74 bits per heavy atom. The number of nitrogens with one attached hydrogen (secondary N) is 2. The van der Waals surface area contributed by atoms with Crippen LogP contribution in [-0.4, -0.2) is 26.8 Å². The average Bonchev–Trinajstić information content (AvgIpc) is 3.12. The van der Waals surface area contributed by atoms with Crippen molar-refractivity contribution in [2.24, 2.45) is 0 Å². The molecule has 0 bridgehead atoms. The van der Waals surface area contributed by atoms with Gasteiger partial charge in [0.15, 0.2) is 0 Å². The molecular formula is C13H19FN2O2S. The van der Waals surface area contributed by atoms with Gasteiger partial charge in [0.2, 0.25) is 10.0 Å². The molecule has 19 heavy (non-hydrogen) atoms. The number of hydrogen-bond donors (Lipinski definition) is 2. The summed E-state index contributed by atoms with van der Waals surface area (Å²) in [5, 5.41) is 3.25. The molecular weight excluding hydrogens is 267 g/mol. The molecule has 0 unspecified atom stereocenters. The number of hydrogen-bond acceptors (Lipinski definition) is 3. The largest absolute Gasteiger partial charge is 0.314 e. The Bertz CT molecular complexity index is 542. The second-order valence-corrected chi connectivity index (χ2v) is 6.83. The van der Waals surface area contributed by atoms with Gasteiger partial charge in [-0.1, -0.05) is 6.07 Å². The molecule has 6 heteroatoms. The van der Waals surface area contributed by atoms with Gasteiger partial charge in [0.25, 0.3) is 0 Å². The summed E-state index contributed by atoms with van der Waals surface area (Å²) in [4.78, 5) is 0. The summed E-state index contributed by atoms with van der Waals surface area (Å²) in [5.74, 6) is -0.542. The lowest BCUT2D eigenvalue weighted by Crippen LogP contribution is -2.23. The Hall–Kier alpha value is -1.14. The summed E-state index contributed by atoms with van der Waals surface area (Å²) in [7, 11) is -3.48. The molecule has 0 radical (unpaired) electrons. The van der Waals surface area contributed by atoms with Crippen molar-refractivity contribution < 1.29 is 12.8 Å². The molecule has 1 aliphatic rings. The number of sulfonamides is 1. The van der Waals surface area contributed by atoms with E-state index in [4.69, 9.17) is 0 Å². The van der Waals surface area contributed by atoms with Crippen LogP contribution in [0.4, 0.5) is 10.1 Å². The summed E-state index contributed by atoms with van der Waals surface area (Å²) >= 11 is 0. The zero-order valence-corrected chi connectivity index (χ0v) is 11.8. The van der Waals surface area contributed by atoms with E-state index in [-0.39, 0.29) is 11.4 Å². The minimum atomic E-state index is -3.48. The Morgan fingerprint density at radius 2 is 2.11 bits per heavy atom. The summed E-state index contributed by atoms with van der Waals surface area (Å²) in [5.41, 5.74) is 0.773. The van der Waals surface area contributed by atoms with Gasteiger partial charge in [-0.3, -0.25) is 4.72 Å². The molecule has 0 spiro atoms. The average molecular weight is 286 g/mol. The molecule has 1 aromatic carbocycles. The topological polar surface area (TPSA) is 58.2 Å². The van der Waals surface area contributed by atoms with Crippen LogP contribution in [0.1, 0.15) is 24.8 Å². The Kier molecular flexibility index (Phi) is 4.42. The highest BCUT2D eigenvalue weighted by molar-refractivity contribution is 7.92. The zero-order chi connectivity index (χ0) is 13.9. The van der Waals surface area contributed by atoms with Gasteiger partial charge in [-0.05, 0) is 50.4 Å². The van der Waals surface area contributed by atoms with E-state index >= 15 is 0 Å². The molecule has 2 rings (SSSR count). The molecule has 4 nitrogen and oxygen atoms in total. The van der Waals surface area contributed by atoms with E-state index in [1.165, 1.54) is 25.0 Å². The van der Waals surface area contributed by atoms with Crippen LogP contribution in [0.2, 0.25) is 0 Å². The molecule has 106 valence electrons. The number of anilines is 1. The molecule has 0 saturated heterocycles. The number of halogens is 1. The SMILES string of the molecule is Cc1ccc(NS(=O)(=O)CCCNC2CC2)c(F)c1. The summed E-state index contributed by atoms with van der Waals surface area (Å²) in [6.45, 7) is 2.44. The number of aryl methyl sites for hydroxylation is 1. The van der Waals surface area contributed by atoms with Gasteiger partial charge < -0.3 is 5.32 Å². The van der Waals surface area contributed by atoms with Crippen molar-refractivity contribution in [1.82, 2.24) is 5.32 Å². The molecule has 0 aliphatic heterocycles.